The number of nitrogens with zero attached hydrogens (tertiary/aromatic N) is 2. The zero-order valence-corrected chi connectivity index (χ0v) is 9.28. The largest absolute Gasteiger partial charge is 0.326 e. The Kier molecular flexibility index (Phi) is 3.42. The van der Waals surface area contributed by atoms with Crippen LogP contribution in [0.2, 0.25) is 0 Å². The van der Waals surface area contributed by atoms with Crippen LogP contribution in [0.25, 0.3) is 0 Å². The van der Waals surface area contributed by atoms with Crippen molar-refractivity contribution in [1.29, 1.82) is 0 Å². The maximum atomic E-state index is 6.12. The maximum absolute atomic E-state index is 6.12. The van der Waals surface area contributed by atoms with Crippen LogP contribution in [-0.4, -0.2) is 55.6 Å². The number of rotatable bonds is 2. The van der Waals surface area contributed by atoms with Gasteiger partial charge in [0, 0.05) is 31.6 Å². The summed E-state index contributed by atoms with van der Waals surface area (Å²) in [7, 11) is 2.18. The molecule has 2 fully saturated rings. The average molecular weight is 197 g/mol. The second-order valence-corrected chi connectivity index (χ2v) is 5.01. The van der Waals surface area contributed by atoms with Crippen molar-refractivity contribution in [1.82, 2.24) is 9.80 Å². The van der Waals surface area contributed by atoms with Gasteiger partial charge >= 0.3 is 0 Å². The number of hydrogen-bond donors (Lipinski definition) is 1. The van der Waals surface area contributed by atoms with E-state index in [1.165, 1.54) is 45.4 Å². The van der Waals surface area contributed by atoms with E-state index in [0.29, 0.717) is 12.0 Å². The van der Waals surface area contributed by atoms with E-state index in [4.69, 9.17) is 5.73 Å². The summed E-state index contributed by atoms with van der Waals surface area (Å²) >= 11 is 0. The smallest absolute Gasteiger partial charge is 0.0221 e. The summed E-state index contributed by atoms with van der Waals surface area (Å²) in [6, 6.07) is 0.405. The Morgan fingerprint density at radius 1 is 1.14 bits per heavy atom. The van der Waals surface area contributed by atoms with E-state index < -0.39 is 0 Å². The molecule has 3 heteroatoms. The van der Waals surface area contributed by atoms with Gasteiger partial charge in [-0.1, -0.05) is 6.42 Å². The van der Waals surface area contributed by atoms with Crippen LogP contribution >= 0.6 is 0 Å². The minimum Gasteiger partial charge on any atom is -0.326 e. The zero-order chi connectivity index (χ0) is 9.97. The molecule has 3 nitrogen and oxygen atoms in total. The molecular formula is C11H23N3. The SMILES string of the molecule is CN1CC(N)C(CN2CCCCC2)C1. The van der Waals surface area contributed by atoms with Crippen LogP contribution in [0.5, 0.6) is 0 Å². The van der Waals surface area contributed by atoms with Crippen molar-refractivity contribution < 1.29 is 0 Å². The molecule has 0 amide bonds. The lowest BCUT2D eigenvalue weighted by Crippen LogP contribution is -2.40. The second kappa shape index (κ2) is 4.60. The molecule has 2 heterocycles. The molecule has 2 unspecified atom stereocenters. The fourth-order valence-corrected chi connectivity index (χ4v) is 2.79. The highest BCUT2D eigenvalue weighted by atomic mass is 15.2. The molecular weight excluding hydrogens is 174 g/mol. The number of likely N-dealkylation sites (tertiary alicyclic amines) is 2. The van der Waals surface area contributed by atoms with E-state index in [1.54, 1.807) is 0 Å². The molecule has 0 saturated carbocycles. The van der Waals surface area contributed by atoms with E-state index in [9.17, 15) is 0 Å². The number of nitrogens with two attached hydrogens (primary N) is 1. The van der Waals surface area contributed by atoms with Crippen molar-refractivity contribution in [3.05, 3.63) is 0 Å². The first-order chi connectivity index (χ1) is 6.75. The fourth-order valence-electron chi connectivity index (χ4n) is 2.79. The third kappa shape index (κ3) is 2.47. The third-order valence-corrected chi connectivity index (χ3v) is 3.62. The van der Waals surface area contributed by atoms with E-state index in [-0.39, 0.29) is 0 Å². The normalized spacial score (nSPS) is 36.4. The van der Waals surface area contributed by atoms with Crippen LogP contribution in [0.4, 0.5) is 0 Å². The summed E-state index contributed by atoms with van der Waals surface area (Å²) in [6.07, 6.45) is 4.20. The topological polar surface area (TPSA) is 32.5 Å². The predicted octanol–water partition coefficient (Wildman–Crippen LogP) is 0.361. The highest BCUT2D eigenvalue weighted by molar-refractivity contribution is 4.87. The molecule has 0 spiro atoms. The molecule has 0 aromatic heterocycles. The summed E-state index contributed by atoms with van der Waals surface area (Å²) in [6.45, 7) is 6.10. The molecule has 2 rings (SSSR count). The Morgan fingerprint density at radius 3 is 2.43 bits per heavy atom. The third-order valence-electron chi connectivity index (χ3n) is 3.62. The van der Waals surface area contributed by atoms with Crippen molar-refractivity contribution in [3.63, 3.8) is 0 Å². The van der Waals surface area contributed by atoms with Crippen LogP contribution in [0, 0.1) is 5.92 Å². The highest BCUT2D eigenvalue weighted by Gasteiger charge is 2.29. The van der Waals surface area contributed by atoms with Gasteiger partial charge in [-0.15, -0.1) is 0 Å². The molecule has 2 aliphatic heterocycles. The van der Waals surface area contributed by atoms with Gasteiger partial charge in [-0.2, -0.15) is 0 Å². The number of piperidine rings is 1. The minimum atomic E-state index is 0.405. The second-order valence-electron chi connectivity index (χ2n) is 5.01. The molecule has 2 atom stereocenters. The Labute approximate surface area is 87.2 Å². The van der Waals surface area contributed by atoms with Crippen molar-refractivity contribution in [2.45, 2.75) is 25.3 Å². The summed E-state index contributed by atoms with van der Waals surface area (Å²) < 4.78 is 0. The first-order valence-electron chi connectivity index (χ1n) is 5.92. The van der Waals surface area contributed by atoms with E-state index in [1.807, 2.05) is 0 Å². The van der Waals surface area contributed by atoms with Crippen LogP contribution in [0.1, 0.15) is 19.3 Å². The molecule has 0 aromatic carbocycles. The molecule has 0 aromatic rings. The first kappa shape index (κ1) is 10.4. The van der Waals surface area contributed by atoms with Gasteiger partial charge in [-0.25, -0.2) is 0 Å². The van der Waals surface area contributed by atoms with Crippen molar-refractivity contribution in [3.8, 4) is 0 Å². The molecule has 2 saturated heterocycles. The molecule has 82 valence electrons. The van der Waals surface area contributed by atoms with Crippen molar-refractivity contribution in [2.75, 3.05) is 39.8 Å². The van der Waals surface area contributed by atoms with Crippen molar-refractivity contribution in [2.24, 2.45) is 11.7 Å². The predicted molar refractivity (Wildman–Crippen MR) is 59.3 cm³/mol. The Morgan fingerprint density at radius 2 is 1.86 bits per heavy atom. The monoisotopic (exact) mass is 197 g/mol. The first-order valence-corrected chi connectivity index (χ1v) is 5.92. The van der Waals surface area contributed by atoms with Crippen molar-refractivity contribution >= 4 is 0 Å². The van der Waals surface area contributed by atoms with E-state index in [2.05, 4.69) is 16.8 Å². The highest BCUT2D eigenvalue weighted by Crippen LogP contribution is 2.17. The lowest BCUT2D eigenvalue weighted by Gasteiger charge is -2.30. The summed E-state index contributed by atoms with van der Waals surface area (Å²) in [5, 5.41) is 0. The van der Waals surface area contributed by atoms with Gasteiger partial charge in [0.25, 0.3) is 0 Å². The molecule has 2 aliphatic rings. The average Bonchev–Trinajstić information content (AvgIpc) is 2.47. The lowest BCUT2D eigenvalue weighted by atomic mass is 10.0. The molecule has 2 N–H and O–H groups in total. The summed E-state index contributed by atoms with van der Waals surface area (Å²) in [5.41, 5.74) is 6.12. The van der Waals surface area contributed by atoms with Crippen LogP contribution in [-0.2, 0) is 0 Å². The standard InChI is InChI=1S/C11H23N3/c1-13-7-10(11(12)9-13)8-14-5-3-2-4-6-14/h10-11H,2-9,12H2,1H3. The number of hydrogen-bond acceptors (Lipinski definition) is 3. The van der Waals surface area contributed by atoms with Crippen LogP contribution in [0.15, 0.2) is 0 Å². The van der Waals surface area contributed by atoms with Gasteiger partial charge < -0.3 is 15.5 Å². The van der Waals surface area contributed by atoms with Gasteiger partial charge in [0.1, 0.15) is 0 Å². The quantitative estimate of drug-likeness (QED) is 0.694. The Hall–Kier alpha value is -0.120. The minimum absolute atomic E-state index is 0.405. The Bertz CT molecular complexity index is 177. The van der Waals surface area contributed by atoms with Gasteiger partial charge in [-0.3, -0.25) is 0 Å². The van der Waals surface area contributed by atoms with Gasteiger partial charge in [-0.05, 0) is 33.0 Å². The van der Waals surface area contributed by atoms with Gasteiger partial charge in [0.2, 0.25) is 0 Å². The fraction of sp³-hybridized carbons (Fsp3) is 1.00. The summed E-state index contributed by atoms with van der Waals surface area (Å²) in [4.78, 5) is 4.96. The molecule has 0 bridgehead atoms. The maximum Gasteiger partial charge on any atom is 0.0221 e. The number of likely N-dealkylation sites (N-methyl/N-ethyl adjacent to an activating group) is 1. The van der Waals surface area contributed by atoms with Gasteiger partial charge in [0.05, 0.1) is 0 Å². The van der Waals surface area contributed by atoms with Gasteiger partial charge in [0.15, 0.2) is 0 Å². The zero-order valence-electron chi connectivity index (χ0n) is 9.28. The summed E-state index contributed by atoms with van der Waals surface area (Å²) in [5.74, 6) is 0.707. The molecule has 0 aliphatic carbocycles. The van der Waals surface area contributed by atoms with E-state index in [0.717, 1.165) is 6.54 Å². The Balaban J connectivity index is 1.78. The van der Waals surface area contributed by atoms with E-state index >= 15 is 0 Å². The van der Waals surface area contributed by atoms with Crippen LogP contribution in [0.3, 0.4) is 0 Å². The molecule has 14 heavy (non-hydrogen) atoms. The van der Waals surface area contributed by atoms with Crippen LogP contribution < -0.4 is 5.73 Å². The lowest BCUT2D eigenvalue weighted by molar-refractivity contribution is 0.191. The molecule has 0 radical (unpaired) electrons.